The van der Waals surface area contributed by atoms with E-state index < -0.39 is 10.0 Å². The third kappa shape index (κ3) is 3.83. The van der Waals surface area contributed by atoms with Crippen LogP contribution >= 0.6 is 11.3 Å². The molecule has 0 aliphatic carbocycles. The molecule has 1 aromatic carbocycles. The number of sulfonamides is 1. The Morgan fingerprint density at radius 1 is 1.22 bits per heavy atom. The molecule has 0 amide bonds. The van der Waals surface area contributed by atoms with Crippen LogP contribution in [-0.2, 0) is 16.4 Å². The van der Waals surface area contributed by atoms with Crippen LogP contribution in [0.4, 0.5) is 5.13 Å². The highest BCUT2D eigenvalue weighted by Gasteiger charge is 2.19. The fourth-order valence-corrected chi connectivity index (χ4v) is 5.52. The van der Waals surface area contributed by atoms with E-state index in [1.165, 1.54) is 12.8 Å². The normalized spacial score (nSPS) is 14.9. The summed E-state index contributed by atoms with van der Waals surface area (Å²) in [5.41, 5.74) is 2.61. The van der Waals surface area contributed by atoms with Crippen molar-refractivity contribution < 1.29 is 8.42 Å². The minimum Gasteiger partial charge on any atom is -0.348 e. The number of rotatable bonds is 6. The highest BCUT2D eigenvalue weighted by molar-refractivity contribution is 7.89. The molecule has 1 saturated heterocycles. The molecule has 1 N–H and O–H groups in total. The Hall–Kier alpha value is -2.03. The number of nitrogens with zero attached hydrogens (tertiary/aromatic N) is 3. The minimum atomic E-state index is -3.61. The first kappa shape index (κ1) is 18.3. The average molecular weight is 403 g/mol. The summed E-state index contributed by atoms with van der Waals surface area (Å²) in [6.07, 6.45) is 4.69. The highest BCUT2D eigenvalue weighted by atomic mass is 32.2. The van der Waals surface area contributed by atoms with Crippen LogP contribution in [0.1, 0.15) is 24.1 Å². The molecule has 0 atom stereocenters. The molecule has 0 spiro atoms. The zero-order valence-electron chi connectivity index (χ0n) is 15.2. The first-order valence-electron chi connectivity index (χ1n) is 9.08. The van der Waals surface area contributed by atoms with Gasteiger partial charge < -0.3 is 4.90 Å². The molecule has 2 aromatic heterocycles. The molecule has 142 valence electrons. The summed E-state index contributed by atoms with van der Waals surface area (Å²) >= 11 is 1.63. The Bertz CT molecular complexity index is 1060. The second-order valence-electron chi connectivity index (χ2n) is 6.74. The van der Waals surface area contributed by atoms with Gasteiger partial charge in [0.25, 0.3) is 0 Å². The smallest absolute Gasteiger partial charge is 0.241 e. The van der Waals surface area contributed by atoms with E-state index in [4.69, 9.17) is 0 Å². The largest absolute Gasteiger partial charge is 0.348 e. The molecule has 0 unspecified atom stereocenters. The number of anilines is 1. The Morgan fingerprint density at radius 3 is 2.85 bits per heavy atom. The van der Waals surface area contributed by atoms with Crippen molar-refractivity contribution in [1.82, 2.24) is 14.7 Å². The van der Waals surface area contributed by atoms with Gasteiger partial charge >= 0.3 is 0 Å². The lowest BCUT2D eigenvalue weighted by atomic mass is 10.1. The molecule has 3 aromatic rings. The maximum Gasteiger partial charge on any atom is 0.241 e. The molecule has 0 radical (unpaired) electrons. The van der Waals surface area contributed by atoms with Crippen molar-refractivity contribution in [1.29, 1.82) is 0 Å². The van der Waals surface area contributed by atoms with Gasteiger partial charge in [-0.3, -0.25) is 4.98 Å². The Labute approximate surface area is 163 Å². The van der Waals surface area contributed by atoms with E-state index in [9.17, 15) is 8.42 Å². The van der Waals surface area contributed by atoms with Crippen LogP contribution in [0.3, 0.4) is 0 Å². The SMILES string of the molecule is Cc1ccc(S(=O)(=O)NCCc2csc(N3CCCC3)n2)c2cccnc12. The number of thiazole rings is 1. The summed E-state index contributed by atoms with van der Waals surface area (Å²) in [4.78, 5) is 11.5. The van der Waals surface area contributed by atoms with Crippen LogP contribution in [-0.4, -0.2) is 38.0 Å². The maximum absolute atomic E-state index is 12.8. The molecule has 1 fully saturated rings. The van der Waals surface area contributed by atoms with Gasteiger partial charge in [0.05, 0.1) is 16.1 Å². The van der Waals surface area contributed by atoms with E-state index in [2.05, 4.69) is 19.6 Å². The van der Waals surface area contributed by atoms with E-state index in [-0.39, 0.29) is 4.90 Å². The van der Waals surface area contributed by atoms with Crippen molar-refractivity contribution in [2.24, 2.45) is 0 Å². The molecule has 6 nitrogen and oxygen atoms in total. The minimum absolute atomic E-state index is 0.271. The lowest BCUT2D eigenvalue weighted by molar-refractivity contribution is 0.582. The Balaban J connectivity index is 1.46. The fraction of sp³-hybridized carbons (Fsp3) is 0.368. The quantitative estimate of drug-likeness (QED) is 0.686. The van der Waals surface area contributed by atoms with Crippen molar-refractivity contribution in [2.45, 2.75) is 31.1 Å². The predicted molar refractivity (Wildman–Crippen MR) is 109 cm³/mol. The second-order valence-corrected chi connectivity index (χ2v) is 9.32. The molecule has 0 bridgehead atoms. The van der Waals surface area contributed by atoms with Crippen LogP contribution in [0.25, 0.3) is 10.9 Å². The number of pyridine rings is 1. The van der Waals surface area contributed by atoms with E-state index in [1.54, 1.807) is 41.8 Å². The van der Waals surface area contributed by atoms with Crippen molar-refractivity contribution in [3.63, 3.8) is 0 Å². The van der Waals surface area contributed by atoms with Gasteiger partial charge in [0.2, 0.25) is 10.0 Å². The van der Waals surface area contributed by atoms with E-state index >= 15 is 0 Å². The molecule has 3 heterocycles. The van der Waals surface area contributed by atoms with Crippen molar-refractivity contribution in [2.75, 3.05) is 24.5 Å². The van der Waals surface area contributed by atoms with Crippen LogP contribution in [0.15, 0.2) is 40.7 Å². The van der Waals surface area contributed by atoms with Crippen molar-refractivity contribution in [3.8, 4) is 0 Å². The van der Waals surface area contributed by atoms with Gasteiger partial charge in [0, 0.05) is 43.0 Å². The second kappa shape index (κ2) is 7.53. The fourth-order valence-electron chi connectivity index (χ4n) is 3.38. The molecule has 4 rings (SSSR count). The van der Waals surface area contributed by atoms with Gasteiger partial charge in [-0.2, -0.15) is 0 Å². The standard InChI is InChI=1S/C19H22N4O2S2/c1-14-6-7-17(16-5-4-9-20-18(14)16)27(24,25)21-10-8-15-13-26-19(22-15)23-11-2-3-12-23/h4-7,9,13,21H,2-3,8,10-12H2,1H3. The maximum atomic E-state index is 12.8. The monoisotopic (exact) mass is 402 g/mol. The number of aromatic nitrogens is 2. The lowest BCUT2D eigenvalue weighted by Gasteiger charge is -2.12. The average Bonchev–Trinajstić information content (AvgIpc) is 3.33. The van der Waals surface area contributed by atoms with Gasteiger partial charge in [-0.05, 0) is 43.5 Å². The first-order chi connectivity index (χ1) is 13.0. The Morgan fingerprint density at radius 2 is 2.04 bits per heavy atom. The third-order valence-corrected chi connectivity index (χ3v) is 7.28. The van der Waals surface area contributed by atoms with Crippen LogP contribution in [0.2, 0.25) is 0 Å². The van der Waals surface area contributed by atoms with Crippen LogP contribution in [0.5, 0.6) is 0 Å². The van der Waals surface area contributed by atoms with Crippen LogP contribution in [0, 0.1) is 6.92 Å². The third-order valence-electron chi connectivity index (χ3n) is 4.81. The summed E-state index contributed by atoms with van der Waals surface area (Å²) in [6, 6.07) is 7.01. The van der Waals surface area contributed by atoms with E-state index in [1.807, 2.05) is 12.3 Å². The van der Waals surface area contributed by atoms with Crippen LogP contribution < -0.4 is 9.62 Å². The predicted octanol–water partition coefficient (Wildman–Crippen LogP) is 3.12. The number of aryl methyl sites for hydroxylation is 1. The molecule has 8 heteroatoms. The lowest BCUT2D eigenvalue weighted by Crippen LogP contribution is -2.26. The molecule has 0 saturated carbocycles. The summed E-state index contributed by atoms with van der Waals surface area (Å²) in [5, 5.41) is 3.71. The van der Waals surface area contributed by atoms with Crippen molar-refractivity contribution in [3.05, 3.63) is 47.1 Å². The molecule has 1 aliphatic heterocycles. The number of hydrogen-bond donors (Lipinski definition) is 1. The number of nitrogens with one attached hydrogen (secondary N) is 1. The van der Waals surface area contributed by atoms with E-state index in [0.29, 0.717) is 18.4 Å². The number of fused-ring (bicyclic) bond motifs is 1. The van der Waals surface area contributed by atoms with Gasteiger partial charge in [-0.25, -0.2) is 18.1 Å². The first-order valence-corrected chi connectivity index (χ1v) is 11.4. The molecular weight excluding hydrogens is 380 g/mol. The molecule has 27 heavy (non-hydrogen) atoms. The summed E-state index contributed by atoms with van der Waals surface area (Å²) in [5.74, 6) is 0. The van der Waals surface area contributed by atoms with Crippen molar-refractivity contribution >= 4 is 37.4 Å². The van der Waals surface area contributed by atoms with Gasteiger partial charge in [-0.15, -0.1) is 11.3 Å². The van der Waals surface area contributed by atoms with Gasteiger partial charge in [-0.1, -0.05) is 6.07 Å². The topological polar surface area (TPSA) is 75.2 Å². The molecular formula is C19H22N4O2S2. The zero-order chi connectivity index (χ0) is 18.9. The molecule has 1 aliphatic rings. The summed E-state index contributed by atoms with van der Waals surface area (Å²) < 4.78 is 28.3. The number of benzene rings is 1. The highest BCUT2D eigenvalue weighted by Crippen LogP contribution is 2.25. The van der Waals surface area contributed by atoms with Gasteiger partial charge in [0.15, 0.2) is 5.13 Å². The summed E-state index contributed by atoms with van der Waals surface area (Å²) in [6.45, 7) is 4.38. The Kier molecular flexibility index (Phi) is 5.12. The van der Waals surface area contributed by atoms with Gasteiger partial charge in [0.1, 0.15) is 0 Å². The van der Waals surface area contributed by atoms with E-state index in [0.717, 1.165) is 35.0 Å². The number of hydrogen-bond acceptors (Lipinski definition) is 6. The zero-order valence-corrected chi connectivity index (χ0v) is 16.8. The summed E-state index contributed by atoms with van der Waals surface area (Å²) in [7, 11) is -3.61.